The normalized spacial score (nSPS) is 12.8. The highest BCUT2D eigenvalue weighted by molar-refractivity contribution is 6.23. The molecule has 0 heterocycles. The van der Waals surface area contributed by atoms with Crippen LogP contribution in [0.25, 0.3) is 32.3 Å². The average Bonchev–Trinajstić information content (AvgIpc) is 2.82. The Balaban J connectivity index is 1.37. The Morgan fingerprint density at radius 1 is 0.710 bits per heavy atom. The smallest absolute Gasteiger partial charge is 0.0723 e. The molecule has 0 saturated carbocycles. The number of hydrogen-bond acceptors (Lipinski definition) is 1. The molecule has 0 amide bonds. The quantitative estimate of drug-likeness (QED) is 0.224. The SMILES string of the molecule is CCCCC(COCc1ccc2ccc3cccc4ccc1c2c34)Cc1ccccc1. The fraction of sp³-hybridized carbons (Fsp3) is 0.267. The molecule has 1 unspecified atom stereocenters. The second-order valence-electron chi connectivity index (χ2n) is 8.79. The fourth-order valence-electron chi connectivity index (χ4n) is 4.94. The first-order chi connectivity index (χ1) is 15.3. The van der Waals surface area contributed by atoms with Crippen LogP contribution in [0.3, 0.4) is 0 Å². The summed E-state index contributed by atoms with van der Waals surface area (Å²) < 4.78 is 6.34. The van der Waals surface area contributed by atoms with Crippen LogP contribution in [0.5, 0.6) is 0 Å². The summed E-state index contributed by atoms with van der Waals surface area (Å²) in [6.45, 7) is 3.76. The molecule has 0 N–H and O–H groups in total. The molecule has 0 aromatic heterocycles. The second kappa shape index (κ2) is 9.08. The van der Waals surface area contributed by atoms with E-state index in [-0.39, 0.29) is 0 Å². The third-order valence-electron chi connectivity index (χ3n) is 6.56. The third kappa shape index (κ3) is 4.16. The predicted octanol–water partition coefficient (Wildman–Crippen LogP) is 8.15. The highest BCUT2D eigenvalue weighted by Crippen LogP contribution is 2.36. The molecule has 0 radical (unpaired) electrons. The van der Waals surface area contributed by atoms with Crippen LogP contribution in [0.15, 0.2) is 84.9 Å². The first kappa shape index (κ1) is 20.0. The minimum atomic E-state index is 0.571. The Bertz CT molecular complexity index is 1260. The molecular weight excluding hydrogens is 376 g/mol. The Labute approximate surface area is 185 Å². The van der Waals surface area contributed by atoms with Crippen molar-refractivity contribution in [1.82, 2.24) is 0 Å². The molecule has 1 heteroatoms. The van der Waals surface area contributed by atoms with Gasteiger partial charge in [0.2, 0.25) is 0 Å². The van der Waals surface area contributed by atoms with Gasteiger partial charge in [-0.2, -0.15) is 0 Å². The summed E-state index contributed by atoms with van der Waals surface area (Å²) in [6, 6.07) is 30.9. The van der Waals surface area contributed by atoms with E-state index in [1.165, 1.54) is 62.7 Å². The van der Waals surface area contributed by atoms with Gasteiger partial charge in [-0.25, -0.2) is 0 Å². The van der Waals surface area contributed by atoms with E-state index in [0.29, 0.717) is 12.5 Å². The minimum Gasteiger partial charge on any atom is -0.376 e. The molecule has 5 aromatic rings. The molecule has 5 aromatic carbocycles. The number of hydrogen-bond donors (Lipinski definition) is 0. The molecule has 0 bridgehead atoms. The highest BCUT2D eigenvalue weighted by Gasteiger charge is 2.13. The largest absolute Gasteiger partial charge is 0.376 e. The van der Waals surface area contributed by atoms with Gasteiger partial charge in [-0.05, 0) is 62.2 Å². The average molecular weight is 407 g/mol. The van der Waals surface area contributed by atoms with Crippen LogP contribution in [0, 0.1) is 5.92 Å². The zero-order valence-corrected chi connectivity index (χ0v) is 18.3. The number of rotatable bonds is 9. The lowest BCUT2D eigenvalue weighted by Crippen LogP contribution is -2.13. The molecule has 0 spiro atoms. The summed E-state index contributed by atoms with van der Waals surface area (Å²) in [5.74, 6) is 0.571. The van der Waals surface area contributed by atoms with Crippen LogP contribution in [-0.4, -0.2) is 6.61 Å². The summed E-state index contributed by atoms with van der Waals surface area (Å²) in [6.07, 6.45) is 4.82. The van der Waals surface area contributed by atoms with Gasteiger partial charge in [0.05, 0.1) is 13.2 Å². The van der Waals surface area contributed by atoms with Crippen molar-refractivity contribution in [3.8, 4) is 0 Å². The summed E-state index contributed by atoms with van der Waals surface area (Å²) in [5, 5.41) is 8.03. The summed E-state index contributed by atoms with van der Waals surface area (Å²) in [7, 11) is 0. The topological polar surface area (TPSA) is 9.23 Å². The van der Waals surface area contributed by atoms with Crippen LogP contribution in [0.4, 0.5) is 0 Å². The van der Waals surface area contributed by atoms with Gasteiger partial charge in [0.1, 0.15) is 0 Å². The summed E-state index contributed by atoms with van der Waals surface area (Å²) in [5.41, 5.74) is 2.70. The molecule has 0 aliphatic heterocycles. The van der Waals surface area contributed by atoms with Gasteiger partial charge < -0.3 is 4.74 Å². The maximum atomic E-state index is 6.34. The monoisotopic (exact) mass is 406 g/mol. The van der Waals surface area contributed by atoms with Crippen LogP contribution >= 0.6 is 0 Å². The van der Waals surface area contributed by atoms with Gasteiger partial charge in [0, 0.05) is 0 Å². The van der Waals surface area contributed by atoms with E-state index in [2.05, 4.69) is 91.9 Å². The van der Waals surface area contributed by atoms with Gasteiger partial charge >= 0.3 is 0 Å². The van der Waals surface area contributed by atoms with Crippen molar-refractivity contribution in [2.75, 3.05) is 6.61 Å². The van der Waals surface area contributed by atoms with Crippen molar-refractivity contribution >= 4 is 32.3 Å². The predicted molar refractivity (Wildman–Crippen MR) is 133 cm³/mol. The van der Waals surface area contributed by atoms with E-state index in [9.17, 15) is 0 Å². The van der Waals surface area contributed by atoms with Crippen molar-refractivity contribution in [1.29, 1.82) is 0 Å². The van der Waals surface area contributed by atoms with Crippen molar-refractivity contribution in [2.24, 2.45) is 5.92 Å². The van der Waals surface area contributed by atoms with Gasteiger partial charge in [0.15, 0.2) is 0 Å². The van der Waals surface area contributed by atoms with E-state index < -0.39 is 0 Å². The van der Waals surface area contributed by atoms with Crippen molar-refractivity contribution in [3.63, 3.8) is 0 Å². The van der Waals surface area contributed by atoms with E-state index in [0.717, 1.165) is 13.0 Å². The van der Waals surface area contributed by atoms with Gasteiger partial charge in [0.25, 0.3) is 0 Å². The molecular formula is C30H30O. The Kier molecular flexibility index (Phi) is 5.86. The molecule has 0 aliphatic carbocycles. The number of benzene rings is 5. The van der Waals surface area contributed by atoms with E-state index in [4.69, 9.17) is 4.74 Å². The Morgan fingerprint density at radius 3 is 2.19 bits per heavy atom. The molecule has 0 aliphatic rings. The molecule has 1 nitrogen and oxygen atoms in total. The van der Waals surface area contributed by atoms with Gasteiger partial charge in [-0.3, -0.25) is 0 Å². The van der Waals surface area contributed by atoms with Crippen molar-refractivity contribution in [2.45, 2.75) is 39.2 Å². The van der Waals surface area contributed by atoms with Crippen LogP contribution in [0.2, 0.25) is 0 Å². The maximum Gasteiger partial charge on any atom is 0.0723 e. The van der Waals surface area contributed by atoms with Crippen LogP contribution in [-0.2, 0) is 17.8 Å². The Morgan fingerprint density at radius 2 is 1.42 bits per heavy atom. The van der Waals surface area contributed by atoms with Crippen LogP contribution < -0.4 is 0 Å². The number of unbranched alkanes of at least 4 members (excludes halogenated alkanes) is 1. The van der Waals surface area contributed by atoms with Crippen LogP contribution in [0.1, 0.15) is 37.3 Å². The summed E-state index contributed by atoms with van der Waals surface area (Å²) in [4.78, 5) is 0. The lowest BCUT2D eigenvalue weighted by atomic mass is 9.92. The first-order valence-corrected chi connectivity index (χ1v) is 11.6. The molecule has 0 saturated heterocycles. The zero-order chi connectivity index (χ0) is 21.0. The third-order valence-corrected chi connectivity index (χ3v) is 6.56. The lowest BCUT2D eigenvalue weighted by molar-refractivity contribution is 0.0839. The maximum absolute atomic E-state index is 6.34. The zero-order valence-electron chi connectivity index (χ0n) is 18.3. The molecule has 0 fully saturated rings. The Hall–Kier alpha value is -2.90. The van der Waals surface area contributed by atoms with E-state index in [1.54, 1.807) is 0 Å². The molecule has 31 heavy (non-hydrogen) atoms. The van der Waals surface area contributed by atoms with Gasteiger partial charge in [-0.1, -0.05) is 105 Å². The molecule has 156 valence electrons. The van der Waals surface area contributed by atoms with Gasteiger partial charge in [-0.15, -0.1) is 0 Å². The second-order valence-corrected chi connectivity index (χ2v) is 8.79. The van der Waals surface area contributed by atoms with E-state index in [1.807, 2.05) is 0 Å². The van der Waals surface area contributed by atoms with Crippen molar-refractivity contribution in [3.05, 3.63) is 96.1 Å². The summed E-state index contributed by atoms with van der Waals surface area (Å²) >= 11 is 0. The standard InChI is InChI=1S/C30H30O/c1-2-3-8-23(19-22-9-5-4-6-10-22)20-31-21-27-16-15-26-14-13-24-11-7-12-25-17-18-28(27)30(26)29(24)25/h4-7,9-18,23H,2-3,8,19-21H2,1H3. The lowest BCUT2D eigenvalue weighted by Gasteiger charge is -2.18. The highest BCUT2D eigenvalue weighted by atomic mass is 16.5. The van der Waals surface area contributed by atoms with E-state index >= 15 is 0 Å². The molecule has 1 atom stereocenters. The number of ether oxygens (including phenoxy) is 1. The minimum absolute atomic E-state index is 0.571. The molecule has 5 rings (SSSR count). The van der Waals surface area contributed by atoms with Crippen molar-refractivity contribution < 1.29 is 4.74 Å². The fourth-order valence-corrected chi connectivity index (χ4v) is 4.94. The first-order valence-electron chi connectivity index (χ1n) is 11.6.